The molecule has 1 aliphatic heterocycles. The van der Waals surface area contributed by atoms with Crippen LogP contribution in [0.1, 0.15) is 11.1 Å². The Balaban J connectivity index is 1.78. The number of nitrogens with one attached hydrogen (secondary N) is 1. The Morgan fingerprint density at radius 1 is 1.18 bits per heavy atom. The van der Waals surface area contributed by atoms with Gasteiger partial charge in [-0.3, -0.25) is 15.1 Å². The highest BCUT2D eigenvalue weighted by molar-refractivity contribution is 7.80. The average Bonchev–Trinajstić information content (AvgIpc) is 2.72. The molecule has 0 spiro atoms. The standard InChI is InChI=1S/C19H19ClN4O3S/c20-16-5-3-15(4-6-16)18(22-19(28)23-9-11-27-12-10-23)21-13-14-1-7-17(8-2-14)24(25)26/h1-8H,9-13H2,(H,21,22,28). The Morgan fingerprint density at radius 3 is 2.43 bits per heavy atom. The van der Waals surface area contributed by atoms with Crippen molar-refractivity contribution < 1.29 is 9.66 Å². The van der Waals surface area contributed by atoms with Crippen molar-refractivity contribution in [2.24, 2.45) is 4.99 Å². The van der Waals surface area contributed by atoms with Crippen LogP contribution in [0.15, 0.2) is 53.5 Å². The minimum absolute atomic E-state index is 0.0530. The number of nitrogens with zero attached hydrogens (tertiary/aromatic N) is 3. The Morgan fingerprint density at radius 2 is 1.82 bits per heavy atom. The van der Waals surface area contributed by atoms with E-state index in [9.17, 15) is 10.1 Å². The molecule has 2 aromatic carbocycles. The summed E-state index contributed by atoms with van der Waals surface area (Å²) >= 11 is 11.5. The Kier molecular flexibility index (Phi) is 6.91. The smallest absolute Gasteiger partial charge is 0.269 e. The first-order chi connectivity index (χ1) is 13.5. The van der Waals surface area contributed by atoms with Gasteiger partial charge in [-0.1, -0.05) is 23.7 Å². The molecule has 0 radical (unpaired) electrons. The van der Waals surface area contributed by atoms with Gasteiger partial charge in [-0.25, -0.2) is 0 Å². The molecule has 1 heterocycles. The van der Waals surface area contributed by atoms with E-state index in [1.165, 1.54) is 12.1 Å². The molecule has 0 aliphatic carbocycles. The second-order valence-electron chi connectivity index (χ2n) is 6.12. The van der Waals surface area contributed by atoms with Crippen LogP contribution in [0.5, 0.6) is 0 Å². The number of thiocarbonyl (C=S) groups is 1. The van der Waals surface area contributed by atoms with Crippen LogP contribution in [0.4, 0.5) is 5.69 Å². The first kappa shape index (κ1) is 20.2. The number of non-ortho nitro benzene ring substituents is 1. The summed E-state index contributed by atoms with van der Waals surface area (Å²) < 4.78 is 5.36. The van der Waals surface area contributed by atoms with Crippen molar-refractivity contribution in [3.8, 4) is 0 Å². The molecule has 0 amide bonds. The van der Waals surface area contributed by atoms with E-state index < -0.39 is 4.92 Å². The van der Waals surface area contributed by atoms with Gasteiger partial charge in [0, 0.05) is 35.8 Å². The molecular formula is C19H19ClN4O3S. The first-order valence-electron chi connectivity index (χ1n) is 8.70. The van der Waals surface area contributed by atoms with E-state index in [0.29, 0.717) is 35.7 Å². The molecule has 3 rings (SSSR count). The summed E-state index contributed by atoms with van der Waals surface area (Å²) in [6, 6.07) is 13.6. The van der Waals surface area contributed by atoms with Crippen molar-refractivity contribution in [3.05, 3.63) is 74.8 Å². The molecule has 9 heteroatoms. The van der Waals surface area contributed by atoms with Gasteiger partial charge in [0.1, 0.15) is 5.84 Å². The zero-order chi connectivity index (χ0) is 19.9. The van der Waals surface area contributed by atoms with Crippen LogP contribution in [-0.2, 0) is 11.3 Å². The number of ether oxygens (including phenoxy) is 1. The molecule has 0 saturated carbocycles. The normalized spacial score (nSPS) is 14.6. The van der Waals surface area contributed by atoms with Gasteiger partial charge in [-0.05, 0) is 42.0 Å². The van der Waals surface area contributed by atoms with Crippen molar-refractivity contribution in [1.82, 2.24) is 10.2 Å². The van der Waals surface area contributed by atoms with Crippen molar-refractivity contribution in [3.63, 3.8) is 0 Å². The topological polar surface area (TPSA) is 80.0 Å². The van der Waals surface area contributed by atoms with Gasteiger partial charge in [0.15, 0.2) is 5.11 Å². The number of amidine groups is 1. The quantitative estimate of drug-likeness (QED) is 0.269. The third kappa shape index (κ3) is 5.48. The van der Waals surface area contributed by atoms with Crippen molar-refractivity contribution in [1.29, 1.82) is 0 Å². The maximum absolute atomic E-state index is 10.8. The second kappa shape index (κ2) is 9.59. The van der Waals surface area contributed by atoms with Gasteiger partial charge in [0.05, 0.1) is 24.7 Å². The van der Waals surface area contributed by atoms with Gasteiger partial charge in [-0.15, -0.1) is 0 Å². The lowest BCUT2D eigenvalue weighted by molar-refractivity contribution is -0.384. The minimum atomic E-state index is -0.422. The van der Waals surface area contributed by atoms with E-state index in [1.807, 2.05) is 17.0 Å². The van der Waals surface area contributed by atoms with Crippen LogP contribution < -0.4 is 5.32 Å². The zero-order valence-electron chi connectivity index (χ0n) is 15.0. The van der Waals surface area contributed by atoms with Crippen LogP contribution in [0.25, 0.3) is 0 Å². The molecule has 146 valence electrons. The van der Waals surface area contributed by atoms with E-state index >= 15 is 0 Å². The highest BCUT2D eigenvalue weighted by Crippen LogP contribution is 2.14. The molecule has 7 nitrogen and oxygen atoms in total. The number of morpholine rings is 1. The fourth-order valence-electron chi connectivity index (χ4n) is 2.65. The van der Waals surface area contributed by atoms with Gasteiger partial charge >= 0.3 is 0 Å². The van der Waals surface area contributed by atoms with E-state index in [2.05, 4.69) is 10.3 Å². The Hall–Kier alpha value is -2.55. The van der Waals surface area contributed by atoms with Crippen molar-refractivity contribution in [2.75, 3.05) is 26.3 Å². The summed E-state index contributed by atoms with van der Waals surface area (Å²) in [5, 5.41) is 15.2. The number of aliphatic imine (C=N–C) groups is 1. The summed E-state index contributed by atoms with van der Waals surface area (Å²) in [6.07, 6.45) is 0. The average molecular weight is 419 g/mol. The maximum atomic E-state index is 10.8. The zero-order valence-corrected chi connectivity index (χ0v) is 16.6. The molecule has 1 saturated heterocycles. The summed E-state index contributed by atoms with van der Waals surface area (Å²) in [7, 11) is 0. The number of nitro groups is 1. The SMILES string of the molecule is O=[N+]([O-])c1ccc(CN=C(NC(=S)N2CCOCC2)c2ccc(Cl)cc2)cc1. The van der Waals surface area contributed by atoms with Crippen LogP contribution in [0, 0.1) is 10.1 Å². The Labute approximate surface area is 173 Å². The molecule has 2 aromatic rings. The summed E-state index contributed by atoms with van der Waals surface area (Å²) in [4.78, 5) is 17.1. The third-order valence-electron chi connectivity index (χ3n) is 4.21. The molecule has 0 bridgehead atoms. The molecular weight excluding hydrogens is 400 g/mol. The van der Waals surface area contributed by atoms with Gasteiger partial charge in [0.25, 0.3) is 5.69 Å². The summed E-state index contributed by atoms with van der Waals surface area (Å²) in [5.74, 6) is 0.617. The number of rotatable bonds is 4. The lowest BCUT2D eigenvalue weighted by Gasteiger charge is -2.29. The van der Waals surface area contributed by atoms with E-state index in [-0.39, 0.29) is 5.69 Å². The van der Waals surface area contributed by atoms with Gasteiger partial charge < -0.3 is 15.0 Å². The van der Waals surface area contributed by atoms with Crippen LogP contribution in [0.2, 0.25) is 5.02 Å². The molecule has 1 aliphatic rings. The number of halogens is 1. The minimum Gasteiger partial charge on any atom is -0.378 e. The Bertz CT molecular complexity index is 866. The van der Waals surface area contributed by atoms with E-state index in [1.54, 1.807) is 24.3 Å². The van der Waals surface area contributed by atoms with E-state index in [0.717, 1.165) is 24.2 Å². The highest BCUT2D eigenvalue weighted by atomic mass is 35.5. The number of hydrogen-bond acceptors (Lipinski definition) is 5. The second-order valence-corrected chi connectivity index (χ2v) is 6.95. The number of benzene rings is 2. The predicted octanol–water partition coefficient (Wildman–Crippen LogP) is 3.40. The predicted molar refractivity (Wildman–Crippen MR) is 113 cm³/mol. The van der Waals surface area contributed by atoms with Crippen molar-refractivity contribution >= 4 is 40.5 Å². The maximum Gasteiger partial charge on any atom is 0.269 e. The lowest BCUT2D eigenvalue weighted by Crippen LogP contribution is -2.48. The first-order valence-corrected chi connectivity index (χ1v) is 9.49. The van der Waals surface area contributed by atoms with E-state index in [4.69, 9.17) is 28.6 Å². The molecule has 0 atom stereocenters. The molecule has 0 aromatic heterocycles. The molecule has 0 unspecified atom stereocenters. The molecule has 1 fully saturated rings. The largest absolute Gasteiger partial charge is 0.378 e. The fraction of sp³-hybridized carbons (Fsp3) is 0.263. The van der Waals surface area contributed by atoms with Crippen molar-refractivity contribution in [2.45, 2.75) is 6.54 Å². The van der Waals surface area contributed by atoms with Crippen LogP contribution >= 0.6 is 23.8 Å². The van der Waals surface area contributed by atoms with Crippen LogP contribution in [-0.4, -0.2) is 47.1 Å². The fourth-order valence-corrected chi connectivity index (χ4v) is 3.06. The molecule has 28 heavy (non-hydrogen) atoms. The monoisotopic (exact) mass is 418 g/mol. The summed E-state index contributed by atoms with van der Waals surface area (Å²) in [6.45, 7) is 3.08. The van der Waals surface area contributed by atoms with Gasteiger partial charge in [0.2, 0.25) is 0 Å². The third-order valence-corrected chi connectivity index (χ3v) is 4.82. The highest BCUT2D eigenvalue weighted by Gasteiger charge is 2.16. The summed E-state index contributed by atoms with van der Waals surface area (Å²) in [5.41, 5.74) is 1.76. The number of hydrogen-bond donors (Lipinski definition) is 1. The lowest BCUT2D eigenvalue weighted by atomic mass is 10.2. The van der Waals surface area contributed by atoms with Crippen LogP contribution in [0.3, 0.4) is 0 Å². The van der Waals surface area contributed by atoms with Gasteiger partial charge in [-0.2, -0.15) is 0 Å². The molecule has 1 N–H and O–H groups in total. The number of nitro benzene ring substituents is 1.